The van der Waals surface area contributed by atoms with Crippen LogP contribution < -0.4 is 5.32 Å². The molecule has 0 fully saturated rings. The van der Waals surface area contributed by atoms with E-state index in [0.29, 0.717) is 0 Å². The van der Waals surface area contributed by atoms with Crippen molar-refractivity contribution < 1.29 is 0 Å². The molecule has 0 saturated carbocycles. The Morgan fingerprint density at radius 2 is 2.00 bits per heavy atom. The molecule has 3 heteroatoms. The molecular weight excluding hydrogens is 210 g/mol. The topological polar surface area (TPSA) is 40.7 Å². The van der Waals surface area contributed by atoms with Crippen LogP contribution in [-0.4, -0.2) is 16.5 Å². The number of aromatic amines is 1. The Kier molecular flexibility index (Phi) is 4.19. The highest BCUT2D eigenvalue weighted by atomic mass is 14.9. The maximum absolute atomic E-state index is 4.02. The highest BCUT2D eigenvalue weighted by molar-refractivity contribution is 5.61. The summed E-state index contributed by atoms with van der Waals surface area (Å²) < 4.78 is 0. The molecule has 2 rings (SSSR count). The number of nitrogens with one attached hydrogen (secondary N) is 2. The van der Waals surface area contributed by atoms with E-state index in [1.807, 2.05) is 6.20 Å². The van der Waals surface area contributed by atoms with Crippen molar-refractivity contribution in [3.05, 3.63) is 36.8 Å². The second kappa shape index (κ2) is 6.09. The molecular formula is C14H19N3. The van der Waals surface area contributed by atoms with Crippen molar-refractivity contribution in [3.63, 3.8) is 0 Å². The number of anilines is 1. The summed E-state index contributed by atoms with van der Waals surface area (Å²) in [4.78, 5) is 7.12. The number of H-pyrrole nitrogens is 1. The van der Waals surface area contributed by atoms with Gasteiger partial charge in [-0.15, -0.1) is 0 Å². The van der Waals surface area contributed by atoms with E-state index in [2.05, 4.69) is 46.5 Å². The fraction of sp³-hybridized carbons (Fsp3) is 0.357. The average Bonchev–Trinajstić information content (AvgIpc) is 2.89. The lowest BCUT2D eigenvalue weighted by molar-refractivity contribution is 0.744. The molecule has 2 N–H and O–H groups in total. The number of benzene rings is 1. The van der Waals surface area contributed by atoms with Crippen LogP contribution >= 0.6 is 0 Å². The summed E-state index contributed by atoms with van der Waals surface area (Å²) in [7, 11) is 0. The van der Waals surface area contributed by atoms with Crippen molar-refractivity contribution in [3.8, 4) is 11.3 Å². The van der Waals surface area contributed by atoms with Crippen molar-refractivity contribution in [2.24, 2.45) is 0 Å². The number of nitrogens with zero attached hydrogens (tertiary/aromatic N) is 1. The number of aromatic nitrogens is 2. The lowest BCUT2D eigenvalue weighted by atomic mass is 10.1. The molecule has 1 aromatic carbocycles. The molecule has 17 heavy (non-hydrogen) atoms. The van der Waals surface area contributed by atoms with Gasteiger partial charge in [-0.25, -0.2) is 4.98 Å². The van der Waals surface area contributed by atoms with Crippen molar-refractivity contribution in [1.29, 1.82) is 0 Å². The highest BCUT2D eigenvalue weighted by Crippen LogP contribution is 2.18. The zero-order chi connectivity index (χ0) is 11.9. The molecule has 0 aliphatic rings. The van der Waals surface area contributed by atoms with Gasteiger partial charge in [-0.2, -0.15) is 0 Å². The minimum absolute atomic E-state index is 1.05. The number of imidazole rings is 1. The van der Waals surface area contributed by atoms with E-state index in [0.717, 1.165) is 12.2 Å². The summed E-state index contributed by atoms with van der Waals surface area (Å²) in [5, 5.41) is 3.43. The lowest BCUT2D eigenvalue weighted by Gasteiger charge is -2.06. The molecule has 0 aliphatic carbocycles. The Morgan fingerprint density at radius 1 is 1.18 bits per heavy atom. The summed E-state index contributed by atoms with van der Waals surface area (Å²) in [5.74, 6) is 0. The molecule has 3 nitrogen and oxygen atoms in total. The molecule has 0 radical (unpaired) electrons. The molecule has 0 saturated heterocycles. The van der Waals surface area contributed by atoms with Crippen molar-refractivity contribution in [2.75, 3.05) is 11.9 Å². The van der Waals surface area contributed by atoms with Gasteiger partial charge in [0.05, 0.1) is 18.2 Å². The first kappa shape index (κ1) is 11.7. The number of unbranched alkanes of at least 4 members (excludes halogenated alkanes) is 2. The number of hydrogen-bond acceptors (Lipinski definition) is 2. The van der Waals surface area contributed by atoms with Crippen molar-refractivity contribution in [2.45, 2.75) is 26.2 Å². The van der Waals surface area contributed by atoms with Gasteiger partial charge in [0.25, 0.3) is 0 Å². The van der Waals surface area contributed by atoms with Gasteiger partial charge in [0.1, 0.15) is 0 Å². The Balaban J connectivity index is 1.90. The van der Waals surface area contributed by atoms with Gasteiger partial charge in [-0.05, 0) is 24.1 Å². The third kappa shape index (κ3) is 3.34. The van der Waals surface area contributed by atoms with Gasteiger partial charge in [-0.1, -0.05) is 31.9 Å². The first-order valence-electron chi connectivity index (χ1n) is 6.23. The smallest absolute Gasteiger partial charge is 0.0924 e. The molecule has 1 heterocycles. The van der Waals surface area contributed by atoms with E-state index < -0.39 is 0 Å². The Morgan fingerprint density at radius 3 is 2.65 bits per heavy atom. The SMILES string of the molecule is CCCCCNc1ccc(-c2cnc[nH]2)cc1. The van der Waals surface area contributed by atoms with Gasteiger partial charge in [-0.3, -0.25) is 0 Å². The molecule has 0 unspecified atom stereocenters. The molecule has 0 aliphatic heterocycles. The number of rotatable bonds is 6. The van der Waals surface area contributed by atoms with E-state index >= 15 is 0 Å². The van der Waals surface area contributed by atoms with Crippen LogP contribution in [0.4, 0.5) is 5.69 Å². The fourth-order valence-corrected chi connectivity index (χ4v) is 1.79. The minimum atomic E-state index is 1.05. The van der Waals surface area contributed by atoms with E-state index in [1.54, 1.807) is 6.33 Å². The monoisotopic (exact) mass is 229 g/mol. The predicted octanol–water partition coefficient (Wildman–Crippen LogP) is 3.68. The van der Waals surface area contributed by atoms with Crippen LogP contribution in [0.5, 0.6) is 0 Å². The van der Waals surface area contributed by atoms with E-state index in [-0.39, 0.29) is 0 Å². The first-order chi connectivity index (χ1) is 8.40. The maximum atomic E-state index is 4.02. The zero-order valence-corrected chi connectivity index (χ0v) is 10.2. The van der Waals surface area contributed by atoms with Gasteiger partial charge >= 0.3 is 0 Å². The van der Waals surface area contributed by atoms with Gasteiger partial charge in [0.2, 0.25) is 0 Å². The summed E-state index contributed by atoms with van der Waals surface area (Å²) in [6, 6.07) is 8.44. The van der Waals surface area contributed by atoms with Crippen LogP contribution in [0.2, 0.25) is 0 Å². The largest absolute Gasteiger partial charge is 0.385 e. The molecule has 0 atom stereocenters. The van der Waals surface area contributed by atoms with Crippen molar-refractivity contribution >= 4 is 5.69 Å². The molecule has 0 bridgehead atoms. The van der Waals surface area contributed by atoms with Crippen LogP contribution in [0.25, 0.3) is 11.3 Å². The van der Waals surface area contributed by atoms with Crippen LogP contribution in [0.1, 0.15) is 26.2 Å². The normalized spacial score (nSPS) is 10.4. The van der Waals surface area contributed by atoms with Gasteiger partial charge < -0.3 is 10.3 Å². The van der Waals surface area contributed by atoms with E-state index in [4.69, 9.17) is 0 Å². The lowest BCUT2D eigenvalue weighted by Crippen LogP contribution is -2.00. The van der Waals surface area contributed by atoms with E-state index in [9.17, 15) is 0 Å². The Bertz CT molecular complexity index is 417. The van der Waals surface area contributed by atoms with E-state index in [1.165, 1.54) is 30.5 Å². The van der Waals surface area contributed by atoms with Crippen molar-refractivity contribution in [1.82, 2.24) is 9.97 Å². The summed E-state index contributed by atoms with van der Waals surface area (Å²) in [5.41, 5.74) is 3.41. The second-order valence-electron chi connectivity index (χ2n) is 4.18. The standard InChI is InChI=1S/C14H19N3/c1-2-3-4-9-16-13-7-5-12(6-8-13)14-10-15-11-17-14/h5-8,10-11,16H,2-4,9H2,1H3,(H,15,17). The highest BCUT2D eigenvalue weighted by Gasteiger charge is 1.98. The van der Waals surface area contributed by atoms with Crippen LogP contribution in [0, 0.1) is 0 Å². The predicted molar refractivity (Wildman–Crippen MR) is 72.0 cm³/mol. The molecule has 1 aromatic heterocycles. The first-order valence-corrected chi connectivity index (χ1v) is 6.23. The average molecular weight is 229 g/mol. The zero-order valence-electron chi connectivity index (χ0n) is 10.2. The third-order valence-electron chi connectivity index (χ3n) is 2.80. The molecule has 0 spiro atoms. The van der Waals surface area contributed by atoms with Crippen LogP contribution in [0.3, 0.4) is 0 Å². The molecule has 0 amide bonds. The van der Waals surface area contributed by atoms with Crippen LogP contribution in [-0.2, 0) is 0 Å². The number of hydrogen-bond donors (Lipinski definition) is 2. The minimum Gasteiger partial charge on any atom is -0.385 e. The summed E-state index contributed by atoms with van der Waals surface area (Å²) in [6.07, 6.45) is 7.33. The summed E-state index contributed by atoms with van der Waals surface area (Å²) >= 11 is 0. The third-order valence-corrected chi connectivity index (χ3v) is 2.80. The Hall–Kier alpha value is -1.77. The quantitative estimate of drug-likeness (QED) is 0.742. The van der Waals surface area contributed by atoms with Gasteiger partial charge in [0, 0.05) is 12.2 Å². The molecule has 2 aromatic rings. The molecule has 90 valence electrons. The maximum Gasteiger partial charge on any atom is 0.0924 e. The fourth-order valence-electron chi connectivity index (χ4n) is 1.79. The second-order valence-corrected chi connectivity index (χ2v) is 4.18. The van der Waals surface area contributed by atoms with Crippen LogP contribution in [0.15, 0.2) is 36.8 Å². The summed E-state index contributed by atoms with van der Waals surface area (Å²) in [6.45, 7) is 3.27. The Labute approximate surface area is 102 Å². The van der Waals surface area contributed by atoms with Gasteiger partial charge in [0.15, 0.2) is 0 Å².